The lowest BCUT2D eigenvalue weighted by molar-refractivity contribution is 0.0224. The van der Waals surface area contributed by atoms with Gasteiger partial charge < -0.3 is 14.4 Å². The second kappa shape index (κ2) is 7.30. The molecule has 0 fully saturated rings. The Labute approximate surface area is 158 Å². The average molecular weight is 372 g/mol. The van der Waals surface area contributed by atoms with E-state index < -0.39 is 11.7 Å². The summed E-state index contributed by atoms with van der Waals surface area (Å²) in [7, 11) is 1.74. The Hall–Kier alpha value is -3.03. The summed E-state index contributed by atoms with van der Waals surface area (Å²) in [6.07, 6.45) is -0.395. The van der Waals surface area contributed by atoms with Gasteiger partial charge in [0.25, 0.3) is 0 Å². The number of hydrogen-bond donors (Lipinski definition) is 1. The Morgan fingerprint density at radius 3 is 2.56 bits per heavy atom. The van der Waals surface area contributed by atoms with Crippen LogP contribution >= 0.6 is 0 Å². The summed E-state index contributed by atoms with van der Waals surface area (Å²) in [6.45, 7) is 6.33. The summed E-state index contributed by atoms with van der Waals surface area (Å²) in [4.78, 5) is 26.2. The number of rotatable bonds is 2. The molecule has 1 aromatic carbocycles. The van der Waals surface area contributed by atoms with Crippen LogP contribution in [0.2, 0.25) is 0 Å². The number of para-hydroxylation sites is 1. The van der Waals surface area contributed by atoms with E-state index >= 15 is 0 Å². The maximum Gasteiger partial charge on any atom is 0.418 e. The van der Waals surface area contributed by atoms with E-state index in [2.05, 4.69) is 10.4 Å². The standard InChI is InChI=1S/C19H24N4O4/c1-19(2,3)27-18(25)23-11-10-15-14(12-23)16(22(4)21-15)20-17(24)26-13-8-6-5-7-9-13/h5-9H,10-12H2,1-4H3,(H,20,24). The molecule has 8 heteroatoms. The van der Waals surface area contributed by atoms with Gasteiger partial charge in [0.05, 0.1) is 12.2 Å². The third kappa shape index (κ3) is 4.58. The lowest BCUT2D eigenvalue weighted by Crippen LogP contribution is -2.40. The highest BCUT2D eigenvalue weighted by Crippen LogP contribution is 2.27. The highest BCUT2D eigenvalue weighted by Gasteiger charge is 2.30. The lowest BCUT2D eigenvalue weighted by atomic mass is 10.1. The smallest absolute Gasteiger partial charge is 0.418 e. The molecule has 0 radical (unpaired) electrons. The molecule has 0 saturated carbocycles. The third-order valence-electron chi connectivity index (χ3n) is 4.02. The normalized spacial score (nSPS) is 13.7. The first kappa shape index (κ1) is 18.8. The zero-order chi connectivity index (χ0) is 19.6. The number of fused-ring (bicyclic) bond motifs is 1. The highest BCUT2D eigenvalue weighted by molar-refractivity contribution is 5.86. The average Bonchev–Trinajstić information content (AvgIpc) is 2.89. The number of carbonyl (C=O) groups is 2. The van der Waals surface area contributed by atoms with Crippen LogP contribution in [0.15, 0.2) is 30.3 Å². The van der Waals surface area contributed by atoms with Crippen LogP contribution in [0.25, 0.3) is 0 Å². The molecule has 2 aromatic rings. The first-order chi connectivity index (χ1) is 12.7. The maximum atomic E-state index is 12.4. The van der Waals surface area contributed by atoms with Gasteiger partial charge in [0.15, 0.2) is 0 Å². The van der Waals surface area contributed by atoms with E-state index in [4.69, 9.17) is 9.47 Å². The van der Waals surface area contributed by atoms with Crippen molar-refractivity contribution in [3.05, 3.63) is 41.6 Å². The predicted octanol–water partition coefficient (Wildman–Crippen LogP) is 3.32. The molecular weight excluding hydrogens is 348 g/mol. The van der Waals surface area contributed by atoms with Gasteiger partial charge in [-0.2, -0.15) is 5.10 Å². The van der Waals surface area contributed by atoms with Gasteiger partial charge in [-0.05, 0) is 32.9 Å². The molecule has 0 spiro atoms. The van der Waals surface area contributed by atoms with Gasteiger partial charge in [-0.25, -0.2) is 9.59 Å². The van der Waals surface area contributed by atoms with Crippen LogP contribution in [-0.4, -0.2) is 39.0 Å². The number of aromatic nitrogens is 2. The number of carbonyl (C=O) groups excluding carboxylic acids is 2. The van der Waals surface area contributed by atoms with Crippen molar-refractivity contribution in [1.82, 2.24) is 14.7 Å². The van der Waals surface area contributed by atoms with Crippen LogP contribution in [0.3, 0.4) is 0 Å². The maximum absolute atomic E-state index is 12.4. The van der Waals surface area contributed by atoms with Crippen LogP contribution in [0.4, 0.5) is 15.4 Å². The molecule has 1 aliphatic rings. The molecule has 2 heterocycles. The van der Waals surface area contributed by atoms with E-state index in [-0.39, 0.29) is 6.09 Å². The molecule has 0 aliphatic carbocycles. The topological polar surface area (TPSA) is 85.7 Å². The highest BCUT2D eigenvalue weighted by atomic mass is 16.6. The van der Waals surface area contributed by atoms with Crippen molar-refractivity contribution >= 4 is 18.0 Å². The van der Waals surface area contributed by atoms with E-state index in [1.807, 2.05) is 26.8 Å². The predicted molar refractivity (Wildman–Crippen MR) is 99.6 cm³/mol. The summed E-state index contributed by atoms with van der Waals surface area (Å²) < 4.78 is 12.3. The van der Waals surface area contributed by atoms with Gasteiger partial charge >= 0.3 is 12.2 Å². The third-order valence-corrected chi connectivity index (χ3v) is 4.02. The van der Waals surface area contributed by atoms with Crippen molar-refractivity contribution in [3.8, 4) is 5.75 Å². The number of hydrogen-bond acceptors (Lipinski definition) is 5. The van der Waals surface area contributed by atoms with Gasteiger partial charge in [0.1, 0.15) is 17.2 Å². The van der Waals surface area contributed by atoms with Crippen molar-refractivity contribution < 1.29 is 19.1 Å². The molecule has 27 heavy (non-hydrogen) atoms. The molecule has 144 valence electrons. The Morgan fingerprint density at radius 2 is 1.89 bits per heavy atom. The summed E-state index contributed by atoms with van der Waals surface area (Å²) >= 11 is 0. The van der Waals surface area contributed by atoms with Gasteiger partial charge in [0, 0.05) is 25.6 Å². The molecular formula is C19H24N4O4. The van der Waals surface area contributed by atoms with Crippen LogP contribution in [0.1, 0.15) is 32.0 Å². The number of aryl methyl sites for hydroxylation is 1. The monoisotopic (exact) mass is 372 g/mol. The zero-order valence-electron chi connectivity index (χ0n) is 16.0. The Balaban J connectivity index is 1.73. The van der Waals surface area contributed by atoms with Gasteiger partial charge in [0.2, 0.25) is 0 Å². The number of ether oxygens (including phenoxy) is 2. The Morgan fingerprint density at radius 1 is 1.19 bits per heavy atom. The second-order valence-corrected chi connectivity index (χ2v) is 7.38. The Kier molecular flexibility index (Phi) is 5.07. The SMILES string of the molecule is Cn1nc2c(c1NC(=O)Oc1ccccc1)CN(C(=O)OC(C)(C)C)CC2. The van der Waals surface area contributed by atoms with Crippen molar-refractivity contribution in [2.75, 3.05) is 11.9 Å². The number of anilines is 1. The molecule has 1 aliphatic heterocycles. The van der Waals surface area contributed by atoms with Gasteiger partial charge in [-0.1, -0.05) is 18.2 Å². The molecule has 0 unspecified atom stereocenters. The summed E-state index contributed by atoms with van der Waals surface area (Å²) in [6, 6.07) is 8.80. The van der Waals surface area contributed by atoms with Crippen molar-refractivity contribution in [2.24, 2.45) is 7.05 Å². The fourth-order valence-electron chi connectivity index (χ4n) is 2.86. The molecule has 0 bridgehead atoms. The van der Waals surface area contributed by atoms with Gasteiger partial charge in [-0.3, -0.25) is 10.00 Å². The first-order valence-electron chi connectivity index (χ1n) is 8.79. The van der Waals surface area contributed by atoms with Crippen LogP contribution in [-0.2, 0) is 24.8 Å². The minimum absolute atomic E-state index is 0.318. The van der Waals surface area contributed by atoms with E-state index in [0.29, 0.717) is 31.1 Å². The minimum atomic E-state index is -0.610. The molecule has 1 N–H and O–H groups in total. The number of amides is 2. The van der Waals surface area contributed by atoms with Gasteiger partial charge in [-0.15, -0.1) is 0 Å². The molecule has 8 nitrogen and oxygen atoms in total. The number of nitrogens with one attached hydrogen (secondary N) is 1. The van der Waals surface area contributed by atoms with Crippen LogP contribution in [0.5, 0.6) is 5.75 Å². The molecule has 0 atom stereocenters. The summed E-state index contributed by atoms with van der Waals surface area (Å²) in [5, 5.41) is 7.18. The van der Waals surface area contributed by atoms with E-state index in [0.717, 1.165) is 11.3 Å². The number of nitrogens with zero attached hydrogens (tertiary/aromatic N) is 3. The first-order valence-corrected chi connectivity index (χ1v) is 8.79. The summed E-state index contributed by atoms with van der Waals surface area (Å²) in [5.74, 6) is 0.959. The quantitative estimate of drug-likeness (QED) is 0.874. The van der Waals surface area contributed by atoms with Crippen molar-refractivity contribution in [2.45, 2.75) is 39.3 Å². The van der Waals surface area contributed by atoms with E-state index in [1.54, 1.807) is 40.9 Å². The van der Waals surface area contributed by atoms with Crippen LogP contribution in [0, 0.1) is 0 Å². The fourth-order valence-corrected chi connectivity index (χ4v) is 2.86. The fraction of sp³-hybridized carbons (Fsp3) is 0.421. The van der Waals surface area contributed by atoms with Crippen molar-refractivity contribution in [3.63, 3.8) is 0 Å². The lowest BCUT2D eigenvalue weighted by Gasteiger charge is -2.29. The van der Waals surface area contributed by atoms with E-state index in [1.165, 1.54) is 0 Å². The number of benzene rings is 1. The Bertz CT molecular complexity index is 839. The largest absolute Gasteiger partial charge is 0.444 e. The summed E-state index contributed by atoms with van der Waals surface area (Å²) in [5.41, 5.74) is 1.08. The van der Waals surface area contributed by atoms with Crippen LogP contribution < -0.4 is 10.1 Å². The van der Waals surface area contributed by atoms with E-state index in [9.17, 15) is 9.59 Å². The molecule has 3 rings (SSSR count). The molecule has 1 aromatic heterocycles. The molecule has 0 saturated heterocycles. The molecule has 2 amide bonds. The second-order valence-electron chi connectivity index (χ2n) is 7.38. The minimum Gasteiger partial charge on any atom is -0.444 e. The zero-order valence-corrected chi connectivity index (χ0v) is 16.0. The van der Waals surface area contributed by atoms with Crippen molar-refractivity contribution in [1.29, 1.82) is 0 Å².